The second-order valence-corrected chi connectivity index (χ2v) is 5.55. The normalized spacial score (nSPS) is 22.9. The molecule has 1 aliphatic heterocycles. The Morgan fingerprint density at radius 1 is 1.55 bits per heavy atom. The molecule has 1 fully saturated rings. The van der Waals surface area contributed by atoms with Gasteiger partial charge in [0, 0.05) is 26.7 Å². The largest absolute Gasteiger partial charge is 0.380 e. The highest BCUT2D eigenvalue weighted by Crippen LogP contribution is 2.23. The van der Waals surface area contributed by atoms with E-state index >= 15 is 0 Å². The third kappa shape index (κ3) is 3.75. The molecule has 1 N–H and O–H groups in total. The van der Waals surface area contributed by atoms with E-state index in [4.69, 9.17) is 4.74 Å². The van der Waals surface area contributed by atoms with Crippen molar-refractivity contribution in [2.45, 2.75) is 25.5 Å². The Labute approximate surface area is 120 Å². The summed E-state index contributed by atoms with van der Waals surface area (Å²) < 4.78 is 18.4. The van der Waals surface area contributed by atoms with Crippen molar-refractivity contribution in [2.75, 3.05) is 33.8 Å². The Balaban J connectivity index is 1.95. The van der Waals surface area contributed by atoms with Gasteiger partial charge in [0.15, 0.2) is 0 Å². The first-order valence-electron chi connectivity index (χ1n) is 7.18. The third-order valence-corrected chi connectivity index (χ3v) is 4.06. The van der Waals surface area contributed by atoms with E-state index in [0.717, 1.165) is 31.7 Å². The molecule has 4 nitrogen and oxygen atoms in total. The first-order valence-corrected chi connectivity index (χ1v) is 7.18. The smallest absolute Gasteiger partial charge is 0.141 e. The van der Waals surface area contributed by atoms with Crippen LogP contribution in [0.3, 0.4) is 0 Å². The fourth-order valence-corrected chi connectivity index (χ4v) is 2.96. The number of hydrogen-bond donors (Lipinski definition) is 1. The Morgan fingerprint density at radius 3 is 2.90 bits per heavy atom. The quantitative estimate of drug-likeness (QED) is 0.863. The number of pyridine rings is 1. The van der Waals surface area contributed by atoms with Crippen LogP contribution in [0.4, 0.5) is 4.39 Å². The summed E-state index contributed by atoms with van der Waals surface area (Å²) in [5, 5.41) is 3.29. The molecule has 2 rings (SSSR count). The van der Waals surface area contributed by atoms with Crippen LogP contribution in [0, 0.1) is 11.7 Å². The summed E-state index contributed by atoms with van der Waals surface area (Å²) in [6.07, 6.45) is 2.74. The van der Waals surface area contributed by atoms with Gasteiger partial charge >= 0.3 is 0 Å². The highest BCUT2D eigenvalue weighted by atomic mass is 19.1. The van der Waals surface area contributed by atoms with Crippen molar-refractivity contribution in [1.82, 2.24) is 15.2 Å². The zero-order valence-corrected chi connectivity index (χ0v) is 12.5. The van der Waals surface area contributed by atoms with E-state index in [1.54, 1.807) is 13.2 Å². The van der Waals surface area contributed by atoms with Gasteiger partial charge in [-0.25, -0.2) is 4.39 Å². The van der Waals surface area contributed by atoms with Crippen LogP contribution in [0.25, 0.3) is 0 Å². The predicted octanol–water partition coefficient (Wildman–Crippen LogP) is 1.84. The Hall–Kier alpha value is -1.04. The lowest BCUT2D eigenvalue weighted by Crippen LogP contribution is -2.34. The number of nitrogens with zero attached hydrogens (tertiary/aromatic N) is 2. The van der Waals surface area contributed by atoms with E-state index < -0.39 is 0 Å². The summed E-state index contributed by atoms with van der Waals surface area (Å²) in [5.74, 6) is 0.104. The molecule has 1 aromatic heterocycles. The van der Waals surface area contributed by atoms with Crippen LogP contribution in [0.5, 0.6) is 0 Å². The zero-order valence-electron chi connectivity index (χ0n) is 12.5. The maximum absolute atomic E-state index is 13.0. The zero-order chi connectivity index (χ0) is 14.5. The number of nitrogens with one attached hydrogen (secondary N) is 1. The lowest BCUT2D eigenvalue weighted by Gasteiger charge is -2.27. The van der Waals surface area contributed by atoms with Gasteiger partial charge in [-0.15, -0.1) is 0 Å². The molecule has 0 aliphatic carbocycles. The molecule has 1 saturated heterocycles. The molecule has 0 amide bonds. The number of ether oxygens (including phenoxy) is 1. The summed E-state index contributed by atoms with van der Waals surface area (Å²) in [6, 6.07) is 3.36. The van der Waals surface area contributed by atoms with Crippen molar-refractivity contribution in [3.63, 3.8) is 0 Å². The Bertz CT molecular complexity index is 412. The van der Waals surface area contributed by atoms with Crippen molar-refractivity contribution in [1.29, 1.82) is 0 Å². The van der Waals surface area contributed by atoms with E-state index in [1.807, 2.05) is 7.05 Å². The lowest BCUT2D eigenvalue weighted by atomic mass is 9.98. The van der Waals surface area contributed by atoms with Gasteiger partial charge in [0.2, 0.25) is 0 Å². The molecule has 0 saturated carbocycles. The molecule has 0 aromatic carbocycles. The van der Waals surface area contributed by atoms with Crippen molar-refractivity contribution < 1.29 is 9.13 Å². The Kier molecular flexibility index (Phi) is 5.46. The molecule has 0 bridgehead atoms. The van der Waals surface area contributed by atoms with Crippen LogP contribution in [0.1, 0.15) is 25.1 Å². The molecule has 3 unspecified atom stereocenters. The van der Waals surface area contributed by atoms with Crippen LogP contribution in [-0.2, 0) is 4.74 Å². The SMILES string of the molecule is CNC(c1ccc(F)cn1)C(C)CN1CCC(OC)C1. The van der Waals surface area contributed by atoms with Gasteiger partial charge < -0.3 is 15.0 Å². The Morgan fingerprint density at radius 2 is 2.35 bits per heavy atom. The first kappa shape index (κ1) is 15.4. The van der Waals surface area contributed by atoms with Crippen molar-refractivity contribution >= 4 is 0 Å². The standard InChI is InChI=1S/C15H24FN3O/c1-11(9-19-7-6-13(10-19)20-3)15(17-2)14-5-4-12(16)8-18-14/h4-5,8,11,13,15,17H,6-7,9-10H2,1-3H3. The summed E-state index contributed by atoms with van der Waals surface area (Å²) in [5.41, 5.74) is 0.892. The highest BCUT2D eigenvalue weighted by Gasteiger charge is 2.26. The molecule has 0 spiro atoms. The van der Waals surface area contributed by atoms with Crippen LogP contribution in [-0.4, -0.2) is 49.8 Å². The maximum atomic E-state index is 13.0. The van der Waals surface area contributed by atoms with Gasteiger partial charge in [-0.3, -0.25) is 4.98 Å². The molecular weight excluding hydrogens is 257 g/mol. The number of aromatic nitrogens is 1. The van der Waals surface area contributed by atoms with E-state index in [2.05, 4.69) is 22.1 Å². The number of likely N-dealkylation sites (tertiary alicyclic amines) is 1. The highest BCUT2D eigenvalue weighted by molar-refractivity contribution is 5.11. The number of halogens is 1. The number of rotatable bonds is 6. The third-order valence-electron chi connectivity index (χ3n) is 4.06. The lowest BCUT2D eigenvalue weighted by molar-refractivity contribution is 0.105. The summed E-state index contributed by atoms with van der Waals surface area (Å²) in [7, 11) is 3.70. The van der Waals surface area contributed by atoms with Crippen molar-refractivity contribution in [3.8, 4) is 0 Å². The minimum Gasteiger partial charge on any atom is -0.380 e. The number of methoxy groups -OCH3 is 1. The molecule has 3 atom stereocenters. The molecule has 20 heavy (non-hydrogen) atoms. The monoisotopic (exact) mass is 281 g/mol. The van der Waals surface area contributed by atoms with Crippen LogP contribution in [0.2, 0.25) is 0 Å². The van der Waals surface area contributed by atoms with E-state index in [9.17, 15) is 4.39 Å². The second-order valence-electron chi connectivity index (χ2n) is 5.55. The average Bonchev–Trinajstić information content (AvgIpc) is 2.89. The van der Waals surface area contributed by atoms with Gasteiger partial charge in [0.05, 0.1) is 24.0 Å². The minimum absolute atomic E-state index is 0.136. The number of hydrogen-bond acceptors (Lipinski definition) is 4. The summed E-state index contributed by atoms with van der Waals surface area (Å²) >= 11 is 0. The molecule has 2 heterocycles. The fraction of sp³-hybridized carbons (Fsp3) is 0.667. The van der Waals surface area contributed by atoms with Crippen LogP contribution >= 0.6 is 0 Å². The first-order chi connectivity index (χ1) is 9.63. The van der Waals surface area contributed by atoms with Crippen molar-refractivity contribution in [3.05, 3.63) is 29.8 Å². The maximum Gasteiger partial charge on any atom is 0.141 e. The van der Waals surface area contributed by atoms with Crippen LogP contribution < -0.4 is 5.32 Å². The fourth-order valence-electron chi connectivity index (χ4n) is 2.96. The molecule has 5 heteroatoms. The van der Waals surface area contributed by atoms with E-state index in [-0.39, 0.29) is 11.9 Å². The average molecular weight is 281 g/mol. The predicted molar refractivity (Wildman–Crippen MR) is 77.0 cm³/mol. The molecular formula is C15H24FN3O. The summed E-state index contributed by atoms with van der Waals surface area (Å²) in [4.78, 5) is 6.62. The van der Waals surface area contributed by atoms with Crippen LogP contribution in [0.15, 0.2) is 18.3 Å². The van der Waals surface area contributed by atoms with E-state index in [1.165, 1.54) is 12.3 Å². The topological polar surface area (TPSA) is 37.4 Å². The molecule has 112 valence electrons. The van der Waals surface area contributed by atoms with Gasteiger partial charge in [0.25, 0.3) is 0 Å². The second kappa shape index (κ2) is 7.11. The van der Waals surface area contributed by atoms with Gasteiger partial charge in [0.1, 0.15) is 5.82 Å². The molecule has 1 aromatic rings. The van der Waals surface area contributed by atoms with Gasteiger partial charge in [-0.1, -0.05) is 6.92 Å². The molecule has 1 aliphatic rings. The van der Waals surface area contributed by atoms with Crippen molar-refractivity contribution in [2.24, 2.45) is 5.92 Å². The minimum atomic E-state index is -0.293. The van der Waals surface area contributed by atoms with Gasteiger partial charge in [-0.05, 0) is 31.5 Å². The summed E-state index contributed by atoms with van der Waals surface area (Å²) in [6.45, 7) is 5.26. The molecule has 0 radical (unpaired) electrons. The van der Waals surface area contributed by atoms with E-state index in [0.29, 0.717) is 12.0 Å². The van der Waals surface area contributed by atoms with Gasteiger partial charge in [-0.2, -0.15) is 0 Å².